The molecule has 1 amide bonds. The second kappa shape index (κ2) is 7.56. The SMILES string of the molecule is CC(C)[C@@H](N=C1NS(=O)(=O)c2ccccc21)C(=O)NCc1nc2ccccc2n1C. The molecule has 0 saturated heterocycles. The van der Waals surface area contributed by atoms with Crippen molar-refractivity contribution in [3.63, 3.8) is 0 Å². The quantitative estimate of drug-likeness (QED) is 0.652. The molecule has 0 bridgehead atoms. The van der Waals surface area contributed by atoms with Gasteiger partial charge in [-0.3, -0.25) is 14.5 Å². The standard InChI is InChI=1S/C21H23N5O3S/c1-13(2)19(24-20-14-8-4-7-11-17(14)30(28,29)25-20)21(27)22-12-18-23-15-9-5-6-10-16(15)26(18)3/h4-11,13,19H,12H2,1-3H3,(H,22,27)(H,24,25)/t19-/m1/s1. The Labute approximate surface area is 175 Å². The van der Waals surface area contributed by atoms with Gasteiger partial charge in [0.05, 0.1) is 22.5 Å². The van der Waals surface area contributed by atoms with E-state index in [0.29, 0.717) is 5.56 Å². The summed E-state index contributed by atoms with van der Waals surface area (Å²) in [7, 11) is -1.75. The molecule has 2 N–H and O–H groups in total. The van der Waals surface area contributed by atoms with Gasteiger partial charge < -0.3 is 9.88 Å². The van der Waals surface area contributed by atoms with Crippen LogP contribution in [-0.2, 0) is 28.4 Å². The fourth-order valence-corrected chi connectivity index (χ4v) is 4.74. The summed E-state index contributed by atoms with van der Waals surface area (Å²) in [5.41, 5.74) is 2.33. The molecule has 30 heavy (non-hydrogen) atoms. The van der Waals surface area contributed by atoms with Gasteiger partial charge in [0.25, 0.3) is 10.0 Å². The van der Waals surface area contributed by atoms with Crippen LogP contribution in [-0.4, -0.2) is 35.8 Å². The van der Waals surface area contributed by atoms with Crippen molar-refractivity contribution >= 4 is 32.8 Å². The van der Waals surface area contributed by atoms with Crippen LogP contribution >= 0.6 is 0 Å². The maximum atomic E-state index is 12.9. The van der Waals surface area contributed by atoms with Crippen LogP contribution in [0.4, 0.5) is 0 Å². The summed E-state index contributed by atoms with van der Waals surface area (Å²) in [4.78, 5) is 22.1. The molecule has 1 aromatic heterocycles. The zero-order valence-corrected chi connectivity index (χ0v) is 17.8. The zero-order chi connectivity index (χ0) is 21.5. The monoisotopic (exact) mass is 425 g/mol. The molecule has 156 valence electrons. The van der Waals surface area contributed by atoms with Crippen molar-refractivity contribution in [2.24, 2.45) is 18.0 Å². The van der Waals surface area contributed by atoms with E-state index in [2.05, 4.69) is 20.0 Å². The van der Waals surface area contributed by atoms with Crippen molar-refractivity contribution in [2.45, 2.75) is 31.3 Å². The number of para-hydroxylation sites is 2. The van der Waals surface area contributed by atoms with E-state index in [9.17, 15) is 13.2 Å². The van der Waals surface area contributed by atoms with E-state index < -0.39 is 16.1 Å². The van der Waals surface area contributed by atoms with Crippen LogP contribution in [0.2, 0.25) is 0 Å². The molecule has 0 radical (unpaired) electrons. The molecule has 0 fully saturated rings. The second-order valence-corrected chi connectivity index (χ2v) is 9.21. The topological polar surface area (TPSA) is 105 Å². The number of hydrogen-bond donors (Lipinski definition) is 2. The first-order chi connectivity index (χ1) is 14.3. The van der Waals surface area contributed by atoms with E-state index in [1.807, 2.05) is 49.7 Å². The molecule has 0 aliphatic carbocycles. The number of nitrogens with one attached hydrogen (secondary N) is 2. The number of imidazole rings is 1. The van der Waals surface area contributed by atoms with Crippen LogP contribution in [0.5, 0.6) is 0 Å². The van der Waals surface area contributed by atoms with Crippen LogP contribution < -0.4 is 10.0 Å². The Morgan fingerprint density at radius 1 is 1.17 bits per heavy atom. The van der Waals surface area contributed by atoms with Crippen molar-refractivity contribution in [1.82, 2.24) is 19.6 Å². The van der Waals surface area contributed by atoms with Gasteiger partial charge in [-0.2, -0.15) is 0 Å². The lowest BCUT2D eigenvalue weighted by molar-refractivity contribution is -0.123. The van der Waals surface area contributed by atoms with Crippen molar-refractivity contribution in [1.29, 1.82) is 0 Å². The molecule has 8 nitrogen and oxygen atoms in total. The summed E-state index contributed by atoms with van der Waals surface area (Å²) in [6.07, 6.45) is 0. The Bertz CT molecular complexity index is 1260. The van der Waals surface area contributed by atoms with E-state index >= 15 is 0 Å². The number of aliphatic imine (C=N–C) groups is 1. The number of hydrogen-bond acceptors (Lipinski definition) is 5. The first-order valence-corrected chi connectivity index (χ1v) is 11.1. The highest BCUT2D eigenvalue weighted by Crippen LogP contribution is 2.23. The van der Waals surface area contributed by atoms with E-state index in [4.69, 9.17) is 0 Å². The van der Waals surface area contributed by atoms with E-state index in [1.165, 1.54) is 6.07 Å². The second-order valence-electron chi connectivity index (χ2n) is 7.56. The molecule has 0 spiro atoms. The Morgan fingerprint density at radius 2 is 1.87 bits per heavy atom. The van der Waals surface area contributed by atoms with Crippen molar-refractivity contribution < 1.29 is 13.2 Å². The fourth-order valence-electron chi connectivity index (χ4n) is 3.50. The van der Waals surface area contributed by atoms with E-state index in [0.717, 1.165) is 16.9 Å². The normalized spacial score (nSPS) is 17.1. The molecule has 4 rings (SSSR count). The maximum Gasteiger partial charge on any atom is 0.263 e. The summed E-state index contributed by atoms with van der Waals surface area (Å²) in [6.45, 7) is 4.00. The summed E-state index contributed by atoms with van der Waals surface area (Å²) < 4.78 is 29.0. The van der Waals surface area contributed by atoms with Crippen LogP contribution in [0.3, 0.4) is 0 Å². The van der Waals surface area contributed by atoms with Crippen molar-refractivity contribution in [2.75, 3.05) is 0 Å². The van der Waals surface area contributed by atoms with Crippen molar-refractivity contribution in [3.05, 3.63) is 59.9 Å². The number of amides is 1. The Kier molecular flexibility index (Phi) is 5.07. The lowest BCUT2D eigenvalue weighted by Gasteiger charge is -2.17. The summed E-state index contributed by atoms with van der Waals surface area (Å²) in [5, 5.41) is 2.89. The minimum absolute atomic E-state index is 0.129. The number of rotatable bonds is 5. The summed E-state index contributed by atoms with van der Waals surface area (Å²) in [5.74, 6) is 0.511. The Morgan fingerprint density at radius 3 is 2.60 bits per heavy atom. The number of nitrogens with zero attached hydrogens (tertiary/aromatic N) is 3. The van der Waals surface area contributed by atoms with Gasteiger partial charge in [-0.1, -0.05) is 38.1 Å². The number of fused-ring (bicyclic) bond motifs is 2. The Hall–Kier alpha value is -3.20. The van der Waals surface area contributed by atoms with Gasteiger partial charge in [0.2, 0.25) is 5.91 Å². The average Bonchev–Trinajstić information content (AvgIpc) is 3.18. The van der Waals surface area contributed by atoms with Gasteiger partial charge in [0, 0.05) is 12.6 Å². The molecular formula is C21H23N5O3S. The van der Waals surface area contributed by atoms with Crippen molar-refractivity contribution in [3.8, 4) is 0 Å². The first kappa shape index (κ1) is 20.1. The van der Waals surface area contributed by atoms with Gasteiger partial charge in [-0.15, -0.1) is 0 Å². The van der Waals surface area contributed by atoms with Gasteiger partial charge in [-0.05, 0) is 30.2 Å². The number of carbonyl (C=O) groups excluding carboxylic acids is 1. The van der Waals surface area contributed by atoms with E-state index in [1.54, 1.807) is 18.2 Å². The molecule has 1 atom stereocenters. The summed E-state index contributed by atoms with van der Waals surface area (Å²) >= 11 is 0. The van der Waals surface area contributed by atoms with Gasteiger partial charge in [0.15, 0.2) is 0 Å². The van der Waals surface area contributed by atoms with Gasteiger partial charge in [0.1, 0.15) is 17.7 Å². The number of aryl methyl sites for hydroxylation is 1. The Balaban J connectivity index is 1.57. The smallest absolute Gasteiger partial charge is 0.263 e. The molecule has 9 heteroatoms. The van der Waals surface area contributed by atoms with Crippen LogP contribution in [0.1, 0.15) is 25.2 Å². The largest absolute Gasteiger partial charge is 0.347 e. The highest BCUT2D eigenvalue weighted by molar-refractivity contribution is 7.90. The molecule has 3 aromatic rings. The molecule has 1 aliphatic heterocycles. The number of sulfonamides is 1. The maximum absolute atomic E-state index is 12.9. The van der Waals surface area contributed by atoms with Gasteiger partial charge >= 0.3 is 0 Å². The minimum Gasteiger partial charge on any atom is -0.347 e. The fraction of sp³-hybridized carbons (Fsp3) is 0.286. The number of benzene rings is 2. The van der Waals surface area contributed by atoms with Crippen LogP contribution in [0.15, 0.2) is 58.4 Å². The third-order valence-electron chi connectivity index (χ3n) is 5.13. The molecule has 0 unspecified atom stereocenters. The molecule has 1 aliphatic rings. The van der Waals surface area contributed by atoms with Crippen LogP contribution in [0.25, 0.3) is 11.0 Å². The molecule has 0 saturated carbocycles. The van der Waals surface area contributed by atoms with E-state index in [-0.39, 0.29) is 29.1 Å². The molecular weight excluding hydrogens is 402 g/mol. The minimum atomic E-state index is -3.65. The molecule has 2 aromatic carbocycles. The van der Waals surface area contributed by atoms with Gasteiger partial charge in [-0.25, -0.2) is 13.4 Å². The highest BCUT2D eigenvalue weighted by atomic mass is 32.2. The summed E-state index contributed by atoms with van der Waals surface area (Å²) in [6, 6.07) is 13.6. The first-order valence-electron chi connectivity index (χ1n) is 9.66. The third-order valence-corrected chi connectivity index (χ3v) is 6.53. The molecule has 2 heterocycles. The zero-order valence-electron chi connectivity index (χ0n) is 17.0. The lowest BCUT2D eigenvalue weighted by atomic mass is 10.0. The number of aromatic nitrogens is 2. The highest BCUT2D eigenvalue weighted by Gasteiger charge is 2.32. The predicted octanol–water partition coefficient (Wildman–Crippen LogP) is 1.95. The lowest BCUT2D eigenvalue weighted by Crippen LogP contribution is -2.38. The van der Waals surface area contributed by atoms with Crippen LogP contribution in [0, 0.1) is 5.92 Å². The third kappa shape index (κ3) is 3.56. The average molecular weight is 426 g/mol. The number of carbonyl (C=O) groups is 1. The number of amidine groups is 1. The predicted molar refractivity (Wildman–Crippen MR) is 114 cm³/mol.